The number of nitrogens with zero attached hydrogens (tertiary/aromatic N) is 3. The molecule has 0 aromatic carbocycles. The molecule has 5 nitrogen and oxygen atoms in total. The molecule has 0 saturated carbocycles. The first-order chi connectivity index (χ1) is 11.2. The summed E-state index contributed by atoms with van der Waals surface area (Å²) >= 11 is 0. The normalized spacial score (nSPS) is 18.4. The molecular formula is C18H25N3O2. The van der Waals surface area contributed by atoms with Crippen LogP contribution >= 0.6 is 0 Å². The Balaban J connectivity index is 2.09. The first-order valence-corrected chi connectivity index (χ1v) is 8.56. The number of aryl methyl sites for hydroxylation is 1. The predicted octanol–water partition coefficient (Wildman–Crippen LogP) is 3.31. The van der Waals surface area contributed by atoms with Crippen molar-refractivity contribution in [2.45, 2.75) is 52.0 Å². The molecule has 1 aliphatic rings. The molecule has 0 bridgehead atoms. The molecule has 1 atom stereocenters. The number of methoxy groups -OCH3 is 1. The molecule has 0 radical (unpaired) electrons. The summed E-state index contributed by atoms with van der Waals surface area (Å²) in [6.07, 6.45) is 7.04. The van der Waals surface area contributed by atoms with E-state index < -0.39 is 0 Å². The van der Waals surface area contributed by atoms with Crippen molar-refractivity contribution >= 4 is 11.6 Å². The minimum absolute atomic E-state index is 0.106. The smallest absolute Gasteiger partial charge is 0.273 e. The second-order valence-electron chi connectivity index (χ2n) is 6.09. The highest BCUT2D eigenvalue weighted by Crippen LogP contribution is 2.26. The van der Waals surface area contributed by atoms with Crippen LogP contribution in [0.2, 0.25) is 0 Å². The molecule has 3 rings (SSSR count). The zero-order valence-corrected chi connectivity index (χ0v) is 14.2. The molecule has 1 saturated heterocycles. The van der Waals surface area contributed by atoms with Gasteiger partial charge in [0, 0.05) is 18.8 Å². The molecule has 124 valence electrons. The van der Waals surface area contributed by atoms with Crippen molar-refractivity contribution in [3.63, 3.8) is 0 Å². The van der Waals surface area contributed by atoms with Gasteiger partial charge in [0.05, 0.1) is 12.8 Å². The van der Waals surface area contributed by atoms with Crippen LogP contribution in [-0.4, -0.2) is 39.9 Å². The van der Waals surface area contributed by atoms with Gasteiger partial charge in [-0.05, 0) is 44.2 Å². The highest BCUT2D eigenvalue weighted by Gasteiger charge is 2.30. The number of likely N-dealkylation sites (tertiary alicyclic amines) is 1. The minimum Gasteiger partial charge on any atom is -0.493 e. The topological polar surface area (TPSA) is 46.8 Å². The van der Waals surface area contributed by atoms with Gasteiger partial charge in [-0.25, -0.2) is 4.98 Å². The molecular weight excluding hydrogens is 290 g/mol. The van der Waals surface area contributed by atoms with E-state index in [0.29, 0.717) is 17.5 Å². The van der Waals surface area contributed by atoms with Crippen molar-refractivity contribution in [3.8, 4) is 5.75 Å². The summed E-state index contributed by atoms with van der Waals surface area (Å²) in [5, 5.41) is 0. The summed E-state index contributed by atoms with van der Waals surface area (Å²) in [7, 11) is 1.63. The number of hydrogen-bond acceptors (Lipinski definition) is 3. The second-order valence-corrected chi connectivity index (χ2v) is 6.09. The fourth-order valence-corrected chi connectivity index (χ4v) is 3.55. The van der Waals surface area contributed by atoms with Gasteiger partial charge in [0.1, 0.15) is 5.69 Å². The highest BCUT2D eigenvalue weighted by molar-refractivity contribution is 5.95. The fraction of sp³-hybridized carbons (Fsp3) is 0.556. The molecule has 1 amide bonds. The van der Waals surface area contributed by atoms with Crippen molar-refractivity contribution < 1.29 is 9.53 Å². The number of aromatic nitrogens is 2. The zero-order valence-electron chi connectivity index (χ0n) is 14.2. The van der Waals surface area contributed by atoms with Crippen molar-refractivity contribution in [1.82, 2.24) is 14.3 Å². The molecule has 0 N–H and O–H groups in total. The molecule has 1 fully saturated rings. The number of piperidine rings is 1. The molecule has 5 heteroatoms. The third-order valence-electron chi connectivity index (χ3n) is 4.80. The van der Waals surface area contributed by atoms with Crippen molar-refractivity contribution in [1.29, 1.82) is 0 Å². The Bertz CT molecular complexity index is 708. The third kappa shape index (κ3) is 2.69. The number of carbonyl (C=O) groups excluding carboxylic acids is 1. The quantitative estimate of drug-likeness (QED) is 0.869. The lowest BCUT2D eigenvalue weighted by molar-refractivity contribution is 0.0599. The van der Waals surface area contributed by atoms with Crippen LogP contribution in [0.15, 0.2) is 18.3 Å². The number of amides is 1. The number of pyridine rings is 1. The van der Waals surface area contributed by atoms with Crippen LogP contribution in [0.5, 0.6) is 5.75 Å². The van der Waals surface area contributed by atoms with Crippen LogP contribution in [0.1, 0.15) is 55.7 Å². The molecule has 23 heavy (non-hydrogen) atoms. The van der Waals surface area contributed by atoms with Gasteiger partial charge in [0.2, 0.25) is 0 Å². The van der Waals surface area contributed by atoms with Gasteiger partial charge in [0.15, 0.2) is 11.4 Å². The van der Waals surface area contributed by atoms with E-state index in [2.05, 4.69) is 11.9 Å². The van der Waals surface area contributed by atoms with E-state index >= 15 is 0 Å². The molecule has 2 aromatic rings. The summed E-state index contributed by atoms with van der Waals surface area (Å²) in [6.45, 7) is 5.05. The minimum atomic E-state index is 0.106. The van der Waals surface area contributed by atoms with E-state index in [4.69, 9.17) is 4.74 Å². The second kappa shape index (κ2) is 6.60. The number of carbonyl (C=O) groups is 1. The van der Waals surface area contributed by atoms with Gasteiger partial charge >= 0.3 is 0 Å². The van der Waals surface area contributed by atoms with E-state index in [1.807, 2.05) is 34.6 Å². The number of hydrogen-bond donors (Lipinski definition) is 0. The van der Waals surface area contributed by atoms with Crippen LogP contribution in [0.4, 0.5) is 0 Å². The number of ether oxygens (including phenoxy) is 1. The molecule has 3 heterocycles. The van der Waals surface area contributed by atoms with E-state index in [1.165, 1.54) is 6.42 Å². The average Bonchev–Trinajstić information content (AvgIpc) is 2.99. The van der Waals surface area contributed by atoms with Crippen molar-refractivity contribution in [2.75, 3.05) is 13.7 Å². The van der Waals surface area contributed by atoms with Crippen LogP contribution in [0.3, 0.4) is 0 Å². The maximum absolute atomic E-state index is 13.2. The Morgan fingerprint density at radius 1 is 1.39 bits per heavy atom. The van der Waals surface area contributed by atoms with Crippen LogP contribution in [0, 0.1) is 0 Å². The van der Waals surface area contributed by atoms with Gasteiger partial charge in [-0.15, -0.1) is 0 Å². The van der Waals surface area contributed by atoms with Gasteiger partial charge in [0.25, 0.3) is 5.91 Å². The zero-order chi connectivity index (χ0) is 16.4. The molecule has 1 aliphatic heterocycles. The SMILES string of the molecule is CCc1nc2c(OC)cccn2c1C(=O)N1CCCCC1CC. The first-order valence-electron chi connectivity index (χ1n) is 8.56. The van der Waals surface area contributed by atoms with Crippen molar-refractivity contribution in [3.05, 3.63) is 29.7 Å². The Labute approximate surface area is 137 Å². The summed E-state index contributed by atoms with van der Waals surface area (Å²) in [4.78, 5) is 20.0. The molecule has 0 aliphatic carbocycles. The van der Waals surface area contributed by atoms with E-state index in [0.717, 1.165) is 43.6 Å². The van der Waals surface area contributed by atoms with E-state index in [1.54, 1.807) is 7.11 Å². The Morgan fingerprint density at radius 3 is 2.91 bits per heavy atom. The van der Waals surface area contributed by atoms with Gasteiger partial charge in [-0.1, -0.05) is 13.8 Å². The Hall–Kier alpha value is -2.04. The Kier molecular flexibility index (Phi) is 4.55. The summed E-state index contributed by atoms with van der Waals surface area (Å²) in [6, 6.07) is 4.13. The average molecular weight is 315 g/mol. The van der Waals surface area contributed by atoms with Crippen LogP contribution in [-0.2, 0) is 6.42 Å². The number of fused-ring (bicyclic) bond motifs is 1. The number of rotatable bonds is 4. The first kappa shape index (κ1) is 15.8. The van der Waals surface area contributed by atoms with Gasteiger partial charge in [-0.2, -0.15) is 0 Å². The summed E-state index contributed by atoms with van der Waals surface area (Å²) < 4.78 is 7.29. The monoisotopic (exact) mass is 315 g/mol. The van der Waals surface area contributed by atoms with Crippen LogP contribution in [0.25, 0.3) is 5.65 Å². The van der Waals surface area contributed by atoms with E-state index in [-0.39, 0.29) is 5.91 Å². The molecule has 0 spiro atoms. The van der Waals surface area contributed by atoms with Crippen LogP contribution < -0.4 is 4.74 Å². The van der Waals surface area contributed by atoms with E-state index in [9.17, 15) is 4.79 Å². The van der Waals surface area contributed by atoms with Gasteiger partial charge in [-0.3, -0.25) is 9.20 Å². The maximum Gasteiger partial charge on any atom is 0.273 e. The molecule has 1 unspecified atom stereocenters. The fourth-order valence-electron chi connectivity index (χ4n) is 3.55. The highest BCUT2D eigenvalue weighted by atomic mass is 16.5. The predicted molar refractivity (Wildman–Crippen MR) is 90.1 cm³/mol. The lowest BCUT2D eigenvalue weighted by Gasteiger charge is -2.35. The lowest BCUT2D eigenvalue weighted by atomic mass is 9.99. The summed E-state index contributed by atoms with van der Waals surface area (Å²) in [5.41, 5.74) is 2.27. The van der Waals surface area contributed by atoms with Gasteiger partial charge < -0.3 is 9.64 Å². The van der Waals surface area contributed by atoms with Crippen molar-refractivity contribution in [2.24, 2.45) is 0 Å². The lowest BCUT2D eigenvalue weighted by Crippen LogP contribution is -2.44. The number of imidazole rings is 1. The largest absolute Gasteiger partial charge is 0.493 e. The maximum atomic E-state index is 13.2. The standard InChI is InChI=1S/C18H25N3O2/c1-4-13-9-6-7-11-20(13)18(22)16-14(5-2)19-17-15(23-3)10-8-12-21(16)17/h8,10,12-13H,4-7,9,11H2,1-3H3. The molecule has 2 aromatic heterocycles. The third-order valence-corrected chi connectivity index (χ3v) is 4.80. The summed E-state index contributed by atoms with van der Waals surface area (Å²) in [5.74, 6) is 0.807. The Morgan fingerprint density at radius 2 is 2.22 bits per heavy atom.